The second-order valence-electron chi connectivity index (χ2n) is 4.84. The molecule has 0 spiro atoms. The maximum absolute atomic E-state index is 11.9. The minimum atomic E-state index is -0.565. The molecule has 0 atom stereocenters. The highest BCUT2D eigenvalue weighted by molar-refractivity contribution is 5.92. The van der Waals surface area contributed by atoms with Crippen LogP contribution in [0.1, 0.15) is 37.6 Å². The Hall–Kier alpha value is -1.59. The van der Waals surface area contributed by atoms with Gasteiger partial charge in [0.1, 0.15) is 11.3 Å². The summed E-state index contributed by atoms with van der Waals surface area (Å²) in [6.45, 7) is 6.47. The number of hydrogen-bond donors (Lipinski definition) is 0. The largest absolute Gasteiger partial charge is 0.493 e. The average molecular weight is 282 g/mol. The van der Waals surface area contributed by atoms with Gasteiger partial charge in [-0.1, -0.05) is 12.1 Å². The van der Waals surface area contributed by atoms with Crippen LogP contribution in [0.4, 0.5) is 0 Å². The summed E-state index contributed by atoms with van der Waals surface area (Å²) in [6.07, 6.45) is 0.615. The molecule has 1 aromatic carbocycles. The van der Waals surface area contributed by atoms with E-state index < -0.39 is 5.97 Å². The van der Waals surface area contributed by atoms with E-state index in [1.807, 2.05) is 20.8 Å². The first-order valence-corrected chi connectivity index (χ1v) is 6.61. The summed E-state index contributed by atoms with van der Waals surface area (Å²) >= 11 is 0. The maximum atomic E-state index is 11.9. The normalized spacial score (nSPS) is 11.2. The van der Waals surface area contributed by atoms with Gasteiger partial charge in [-0.2, -0.15) is 4.89 Å². The molecule has 0 saturated heterocycles. The Labute approximate surface area is 119 Å². The van der Waals surface area contributed by atoms with Crippen LogP contribution in [-0.2, 0) is 14.5 Å². The molecule has 0 aromatic heterocycles. The van der Waals surface area contributed by atoms with Crippen LogP contribution in [0.15, 0.2) is 24.3 Å². The molecule has 112 valence electrons. The number of methoxy groups -OCH3 is 1. The molecule has 0 bridgehead atoms. The van der Waals surface area contributed by atoms with Gasteiger partial charge in [0.15, 0.2) is 0 Å². The molecule has 5 nitrogen and oxygen atoms in total. The van der Waals surface area contributed by atoms with Crippen LogP contribution >= 0.6 is 0 Å². The third-order valence-corrected chi connectivity index (χ3v) is 2.88. The van der Waals surface area contributed by atoms with Crippen molar-refractivity contribution in [3.63, 3.8) is 0 Å². The summed E-state index contributed by atoms with van der Waals surface area (Å²) < 4.78 is 10.6. The van der Waals surface area contributed by atoms with Crippen molar-refractivity contribution in [2.75, 3.05) is 20.3 Å². The van der Waals surface area contributed by atoms with E-state index in [1.54, 1.807) is 31.4 Å². The Kier molecular flexibility index (Phi) is 6.48. The fraction of sp³-hybridized carbons (Fsp3) is 0.533. The maximum Gasteiger partial charge on any atom is 0.376 e. The van der Waals surface area contributed by atoms with E-state index in [4.69, 9.17) is 19.2 Å². The molecule has 1 aromatic rings. The van der Waals surface area contributed by atoms with Gasteiger partial charge in [-0.25, -0.2) is 4.79 Å². The minimum Gasteiger partial charge on any atom is -0.493 e. The summed E-state index contributed by atoms with van der Waals surface area (Å²) in [5.74, 6) is -0.0786. The molecule has 0 aliphatic heterocycles. The lowest BCUT2D eigenvalue weighted by atomic mass is 10.1. The molecular formula is C15H22O5. The molecule has 0 amide bonds. The van der Waals surface area contributed by atoms with Crippen molar-refractivity contribution in [3.8, 4) is 5.75 Å². The Bertz CT molecular complexity index is 428. The van der Waals surface area contributed by atoms with E-state index in [9.17, 15) is 4.79 Å². The zero-order valence-corrected chi connectivity index (χ0v) is 12.5. The third kappa shape index (κ3) is 5.19. The van der Waals surface area contributed by atoms with Crippen LogP contribution in [0.2, 0.25) is 0 Å². The Balaban J connectivity index is 2.47. The molecule has 0 saturated carbocycles. The number of rotatable bonds is 8. The molecule has 0 aliphatic rings. The van der Waals surface area contributed by atoms with Gasteiger partial charge in [-0.15, -0.1) is 0 Å². The smallest absolute Gasteiger partial charge is 0.376 e. The molecule has 0 radical (unpaired) electrons. The average Bonchev–Trinajstić information content (AvgIpc) is 2.44. The van der Waals surface area contributed by atoms with E-state index in [0.29, 0.717) is 24.3 Å². The zero-order chi connectivity index (χ0) is 15.0. The van der Waals surface area contributed by atoms with Gasteiger partial charge < -0.3 is 9.47 Å². The van der Waals surface area contributed by atoms with E-state index in [0.717, 1.165) is 0 Å². The first kappa shape index (κ1) is 16.5. The second kappa shape index (κ2) is 7.87. The Morgan fingerprint density at radius 2 is 1.95 bits per heavy atom. The summed E-state index contributed by atoms with van der Waals surface area (Å²) in [5, 5.41) is 0. The van der Waals surface area contributed by atoms with Crippen molar-refractivity contribution < 1.29 is 24.0 Å². The lowest BCUT2D eigenvalue weighted by Gasteiger charge is -2.21. The van der Waals surface area contributed by atoms with E-state index in [-0.39, 0.29) is 12.2 Å². The van der Waals surface area contributed by atoms with Crippen LogP contribution in [0.25, 0.3) is 0 Å². The van der Waals surface area contributed by atoms with Gasteiger partial charge >= 0.3 is 5.97 Å². The lowest BCUT2D eigenvalue weighted by Crippen LogP contribution is -2.24. The van der Waals surface area contributed by atoms with E-state index in [2.05, 4.69) is 0 Å². The number of hydrogen-bond acceptors (Lipinski definition) is 5. The molecule has 0 fully saturated rings. The third-order valence-electron chi connectivity index (χ3n) is 2.88. The van der Waals surface area contributed by atoms with Gasteiger partial charge in [0, 0.05) is 13.5 Å². The summed E-state index contributed by atoms with van der Waals surface area (Å²) in [6, 6.07) is 6.89. The van der Waals surface area contributed by atoms with Crippen molar-refractivity contribution in [2.24, 2.45) is 0 Å². The van der Waals surface area contributed by atoms with Crippen LogP contribution < -0.4 is 4.74 Å². The van der Waals surface area contributed by atoms with Crippen LogP contribution in [0.5, 0.6) is 5.75 Å². The second-order valence-corrected chi connectivity index (χ2v) is 4.84. The quantitative estimate of drug-likeness (QED) is 0.417. The lowest BCUT2D eigenvalue weighted by molar-refractivity contribution is -0.247. The highest BCUT2D eigenvalue weighted by Gasteiger charge is 2.18. The summed E-state index contributed by atoms with van der Waals surface area (Å²) in [7, 11) is 1.63. The fourth-order valence-corrected chi connectivity index (χ4v) is 1.45. The molecule has 5 heteroatoms. The molecule has 0 heterocycles. The SMILES string of the molecule is CCOc1ccccc1C(=O)OOCCC(C)(C)OC. The van der Waals surface area contributed by atoms with Gasteiger partial charge in [0.25, 0.3) is 0 Å². The van der Waals surface area contributed by atoms with E-state index in [1.165, 1.54) is 0 Å². The van der Waals surface area contributed by atoms with Crippen molar-refractivity contribution >= 4 is 5.97 Å². The Morgan fingerprint density at radius 3 is 2.60 bits per heavy atom. The monoisotopic (exact) mass is 282 g/mol. The number of carbonyl (C=O) groups excluding carboxylic acids is 1. The Morgan fingerprint density at radius 1 is 1.25 bits per heavy atom. The minimum absolute atomic E-state index is 0.267. The van der Waals surface area contributed by atoms with Crippen LogP contribution in [0.3, 0.4) is 0 Å². The number of ether oxygens (including phenoxy) is 2. The molecule has 1 rings (SSSR count). The number of para-hydroxylation sites is 1. The van der Waals surface area contributed by atoms with Gasteiger partial charge in [-0.05, 0) is 32.9 Å². The van der Waals surface area contributed by atoms with E-state index >= 15 is 0 Å². The molecular weight excluding hydrogens is 260 g/mol. The fourth-order valence-electron chi connectivity index (χ4n) is 1.45. The predicted octanol–water partition coefficient (Wildman–Crippen LogP) is 2.99. The van der Waals surface area contributed by atoms with Crippen molar-refractivity contribution in [3.05, 3.63) is 29.8 Å². The standard InChI is InChI=1S/C15H22O5/c1-5-18-13-9-7-6-8-12(13)14(16)20-19-11-10-15(2,3)17-4/h6-9H,5,10-11H2,1-4H3. The van der Waals surface area contributed by atoms with Crippen molar-refractivity contribution in [1.82, 2.24) is 0 Å². The molecule has 20 heavy (non-hydrogen) atoms. The van der Waals surface area contributed by atoms with Crippen LogP contribution in [0, 0.1) is 0 Å². The highest BCUT2D eigenvalue weighted by Crippen LogP contribution is 2.19. The summed E-state index contributed by atoms with van der Waals surface area (Å²) in [5.41, 5.74) is 0.0377. The molecule has 0 unspecified atom stereocenters. The van der Waals surface area contributed by atoms with Crippen molar-refractivity contribution in [1.29, 1.82) is 0 Å². The topological polar surface area (TPSA) is 54.0 Å². The summed E-state index contributed by atoms with van der Waals surface area (Å²) in [4.78, 5) is 21.6. The predicted molar refractivity (Wildman–Crippen MR) is 74.7 cm³/mol. The molecule has 0 N–H and O–H groups in total. The van der Waals surface area contributed by atoms with Crippen LogP contribution in [-0.4, -0.2) is 31.9 Å². The van der Waals surface area contributed by atoms with Crippen molar-refractivity contribution in [2.45, 2.75) is 32.8 Å². The van der Waals surface area contributed by atoms with Gasteiger partial charge in [0.2, 0.25) is 0 Å². The van der Waals surface area contributed by atoms with Gasteiger partial charge in [0.05, 0.1) is 18.8 Å². The first-order valence-electron chi connectivity index (χ1n) is 6.61. The number of carbonyl (C=O) groups is 1. The molecule has 0 aliphatic carbocycles. The number of benzene rings is 1. The zero-order valence-electron chi connectivity index (χ0n) is 12.5. The first-order chi connectivity index (χ1) is 9.50. The van der Waals surface area contributed by atoms with Gasteiger partial charge in [-0.3, -0.25) is 4.89 Å². The highest BCUT2D eigenvalue weighted by atomic mass is 17.2.